The zero-order valence-electron chi connectivity index (χ0n) is 7.76. The van der Waals surface area contributed by atoms with Crippen LogP contribution in [-0.2, 0) is 0 Å². The minimum atomic E-state index is -0.319. The van der Waals surface area contributed by atoms with Crippen molar-refractivity contribution in [1.82, 2.24) is 0 Å². The number of ether oxygens (including phenoxy) is 1. The summed E-state index contributed by atoms with van der Waals surface area (Å²) >= 11 is 5.35. The molecule has 0 saturated carbocycles. The molecule has 0 atom stereocenters. The fraction of sp³-hybridized carbons (Fsp3) is 0.200. The van der Waals surface area contributed by atoms with Crippen molar-refractivity contribution in [2.75, 3.05) is 19.0 Å². The lowest BCUT2D eigenvalue weighted by Gasteiger charge is -2.09. The van der Waals surface area contributed by atoms with Gasteiger partial charge < -0.3 is 10.1 Å². The van der Waals surface area contributed by atoms with E-state index in [4.69, 9.17) is 16.3 Å². The summed E-state index contributed by atoms with van der Waals surface area (Å²) in [5.41, 5.74) is 2.16. The largest absolute Gasteiger partial charge is 0.494 e. The molecule has 0 aliphatic rings. The Hall–Kier alpha value is -1.22. The van der Waals surface area contributed by atoms with Crippen molar-refractivity contribution in [3.8, 4) is 5.75 Å². The quantitative estimate of drug-likeness (QED) is 0.834. The molecular formula is C10H11ClFNO. The van der Waals surface area contributed by atoms with E-state index in [9.17, 15) is 4.39 Å². The molecule has 1 aromatic carbocycles. The molecule has 0 heterocycles. The molecule has 0 radical (unpaired) electrons. The summed E-state index contributed by atoms with van der Waals surface area (Å²) in [4.78, 5) is 0. The summed E-state index contributed by atoms with van der Waals surface area (Å²) in [5, 5.41) is 3.03. The van der Waals surface area contributed by atoms with Gasteiger partial charge in [-0.2, -0.15) is 0 Å². The highest BCUT2D eigenvalue weighted by Crippen LogP contribution is 2.24. The number of halogens is 2. The van der Waals surface area contributed by atoms with Crippen molar-refractivity contribution in [3.05, 3.63) is 35.6 Å². The van der Waals surface area contributed by atoms with Crippen LogP contribution in [0.25, 0.3) is 0 Å². The SMILES string of the molecule is COc1cc(F)ccc1NC/C=C/Cl. The van der Waals surface area contributed by atoms with Crippen LogP contribution in [0.5, 0.6) is 5.75 Å². The lowest BCUT2D eigenvalue weighted by atomic mass is 10.3. The first-order valence-electron chi connectivity index (χ1n) is 4.10. The molecule has 4 heteroatoms. The zero-order valence-corrected chi connectivity index (χ0v) is 8.51. The van der Waals surface area contributed by atoms with Crippen molar-refractivity contribution < 1.29 is 9.13 Å². The second-order valence-corrected chi connectivity index (χ2v) is 2.84. The fourth-order valence-corrected chi connectivity index (χ4v) is 1.11. The van der Waals surface area contributed by atoms with Gasteiger partial charge in [0.25, 0.3) is 0 Å². The monoisotopic (exact) mass is 215 g/mol. The number of methoxy groups -OCH3 is 1. The second kappa shape index (κ2) is 5.50. The van der Waals surface area contributed by atoms with Gasteiger partial charge in [-0.1, -0.05) is 17.7 Å². The average molecular weight is 216 g/mol. The standard InChI is InChI=1S/C10H11ClFNO/c1-14-10-7-8(12)3-4-9(10)13-6-2-5-11/h2-5,7,13H,6H2,1H3/b5-2+. The third-order valence-electron chi connectivity index (χ3n) is 1.66. The lowest BCUT2D eigenvalue weighted by molar-refractivity contribution is 0.413. The van der Waals surface area contributed by atoms with Crippen LogP contribution in [-0.4, -0.2) is 13.7 Å². The molecule has 1 aromatic rings. The Morgan fingerprint density at radius 1 is 1.57 bits per heavy atom. The molecule has 0 fully saturated rings. The van der Waals surface area contributed by atoms with Crippen molar-refractivity contribution in [3.63, 3.8) is 0 Å². The summed E-state index contributed by atoms with van der Waals surface area (Å²) < 4.78 is 17.8. The molecule has 1 rings (SSSR count). The van der Waals surface area contributed by atoms with Crippen LogP contribution < -0.4 is 10.1 Å². The van der Waals surface area contributed by atoms with Crippen LogP contribution in [0.15, 0.2) is 29.8 Å². The first-order chi connectivity index (χ1) is 6.77. The predicted octanol–water partition coefficient (Wildman–Crippen LogP) is 3.00. The topological polar surface area (TPSA) is 21.3 Å². The zero-order chi connectivity index (χ0) is 10.4. The molecule has 0 aromatic heterocycles. The minimum absolute atomic E-state index is 0.319. The van der Waals surface area contributed by atoms with E-state index < -0.39 is 0 Å². The van der Waals surface area contributed by atoms with Crippen LogP contribution in [0.2, 0.25) is 0 Å². The molecule has 0 amide bonds. The molecular weight excluding hydrogens is 205 g/mol. The molecule has 14 heavy (non-hydrogen) atoms. The van der Waals surface area contributed by atoms with Crippen molar-refractivity contribution in [2.24, 2.45) is 0 Å². The number of nitrogens with one attached hydrogen (secondary N) is 1. The molecule has 76 valence electrons. The second-order valence-electron chi connectivity index (χ2n) is 2.59. The molecule has 0 saturated heterocycles. The summed E-state index contributed by atoms with van der Waals surface area (Å²) in [6, 6.07) is 4.32. The van der Waals surface area contributed by atoms with E-state index in [1.165, 1.54) is 24.8 Å². The Morgan fingerprint density at radius 3 is 3.00 bits per heavy atom. The molecule has 2 nitrogen and oxygen atoms in total. The summed E-state index contributed by atoms with van der Waals surface area (Å²) in [6.45, 7) is 0.575. The van der Waals surface area contributed by atoms with Gasteiger partial charge in [-0.15, -0.1) is 0 Å². The van der Waals surface area contributed by atoms with Gasteiger partial charge in [0.1, 0.15) is 11.6 Å². The van der Waals surface area contributed by atoms with Gasteiger partial charge >= 0.3 is 0 Å². The van der Waals surface area contributed by atoms with E-state index >= 15 is 0 Å². The molecule has 0 bridgehead atoms. The van der Waals surface area contributed by atoms with Gasteiger partial charge in [0.05, 0.1) is 12.8 Å². The average Bonchev–Trinajstić information content (AvgIpc) is 2.20. The van der Waals surface area contributed by atoms with E-state index in [0.717, 1.165) is 5.69 Å². The van der Waals surface area contributed by atoms with Gasteiger partial charge in [0.2, 0.25) is 0 Å². The first kappa shape index (κ1) is 10.9. The minimum Gasteiger partial charge on any atom is -0.494 e. The van der Waals surface area contributed by atoms with Crippen molar-refractivity contribution in [1.29, 1.82) is 0 Å². The molecule has 0 aliphatic carbocycles. The third kappa shape index (κ3) is 2.92. The van der Waals surface area contributed by atoms with Gasteiger partial charge in [-0.25, -0.2) is 4.39 Å². The maximum Gasteiger partial charge on any atom is 0.144 e. The van der Waals surface area contributed by atoms with Gasteiger partial charge in [-0.3, -0.25) is 0 Å². The summed E-state index contributed by atoms with van der Waals surface area (Å²) in [5.74, 6) is 0.160. The Balaban J connectivity index is 2.74. The Labute approximate surface area is 87.3 Å². The lowest BCUT2D eigenvalue weighted by Crippen LogP contribution is -2.00. The number of benzene rings is 1. The smallest absolute Gasteiger partial charge is 0.144 e. The van der Waals surface area contributed by atoms with E-state index in [2.05, 4.69) is 5.32 Å². The van der Waals surface area contributed by atoms with Gasteiger partial charge in [-0.05, 0) is 12.1 Å². The highest BCUT2D eigenvalue weighted by Gasteiger charge is 2.02. The van der Waals surface area contributed by atoms with Crippen LogP contribution in [0.3, 0.4) is 0 Å². The Morgan fingerprint density at radius 2 is 2.36 bits per heavy atom. The van der Waals surface area contributed by atoms with Crippen LogP contribution in [0, 0.1) is 5.82 Å². The Kier molecular flexibility index (Phi) is 4.26. The summed E-state index contributed by atoms with van der Waals surface area (Å²) in [7, 11) is 1.50. The highest BCUT2D eigenvalue weighted by molar-refractivity contribution is 6.25. The maximum atomic E-state index is 12.8. The van der Waals surface area contributed by atoms with Crippen LogP contribution in [0.1, 0.15) is 0 Å². The molecule has 0 spiro atoms. The number of anilines is 1. The normalized spacial score (nSPS) is 10.5. The van der Waals surface area contributed by atoms with E-state index in [0.29, 0.717) is 12.3 Å². The van der Waals surface area contributed by atoms with Crippen LogP contribution in [0.4, 0.5) is 10.1 Å². The van der Waals surface area contributed by atoms with Crippen molar-refractivity contribution in [2.45, 2.75) is 0 Å². The number of hydrogen-bond donors (Lipinski definition) is 1. The Bertz CT molecular complexity index is 328. The van der Waals surface area contributed by atoms with Gasteiger partial charge in [0, 0.05) is 18.1 Å². The van der Waals surface area contributed by atoms with Crippen molar-refractivity contribution >= 4 is 17.3 Å². The number of rotatable bonds is 4. The number of hydrogen-bond acceptors (Lipinski definition) is 2. The fourth-order valence-electron chi connectivity index (χ4n) is 1.02. The van der Waals surface area contributed by atoms with Gasteiger partial charge in [0.15, 0.2) is 0 Å². The molecule has 0 unspecified atom stereocenters. The van der Waals surface area contributed by atoms with E-state index in [-0.39, 0.29) is 5.82 Å². The maximum absolute atomic E-state index is 12.8. The molecule has 0 aliphatic heterocycles. The third-order valence-corrected chi connectivity index (χ3v) is 1.84. The highest BCUT2D eigenvalue weighted by atomic mass is 35.5. The molecule has 1 N–H and O–H groups in total. The van der Waals surface area contributed by atoms with E-state index in [1.54, 1.807) is 12.1 Å². The van der Waals surface area contributed by atoms with Crippen LogP contribution >= 0.6 is 11.6 Å². The summed E-state index contributed by atoms with van der Waals surface area (Å²) in [6.07, 6.45) is 1.74. The predicted molar refractivity (Wildman–Crippen MR) is 56.4 cm³/mol. The van der Waals surface area contributed by atoms with E-state index in [1.807, 2.05) is 0 Å². The first-order valence-corrected chi connectivity index (χ1v) is 4.54.